The molecule has 0 aromatic heterocycles. The van der Waals surface area contributed by atoms with Gasteiger partial charge in [-0.25, -0.2) is 0 Å². The summed E-state index contributed by atoms with van der Waals surface area (Å²) in [5.41, 5.74) is 0. The lowest BCUT2D eigenvalue weighted by Crippen LogP contribution is -2.18. The van der Waals surface area contributed by atoms with Gasteiger partial charge in [0.2, 0.25) is 0 Å². The van der Waals surface area contributed by atoms with E-state index in [0.717, 1.165) is 21.0 Å². The van der Waals surface area contributed by atoms with Crippen molar-refractivity contribution in [1.29, 1.82) is 0 Å². The Hall–Kier alpha value is 1.28. The van der Waals surface area contributed by atoms with Crippen molar-refractivity contribution in [3.8, 4) is 0 Å². The summed E-state index contributed by atoms with van der Waals surface area (Å²) in [6.07, 6.45) is 0. The second kappa shape index (κ2) is 13.3. The van der Waals surface area contributed by atoms with Gasteiger partial charge in [-0.1, -0.05) is 0 Å². The van der Waals surface area contributed by atoms with E-state index in [1.807, 2.05) is 0 Å². The summed E-state index contributed by atoms with van der Waals surface area (Å²) in [5.74, 6) is 0. The van der Waals surface area contributed by atoms with Crippen molar-refractivity contribution in [2.75, 3.05) is 0 Å². The predicted molar refractivity (Wildman–Crippen MR) is 69.1 cm³/mol. The van der Waals surface area contributed by atoms with Crippen LogP contribution < -0.4 is 0 Å². The fourth-order valence-corrected chi connectivity index (χ4v) is 10.5. The van der Waals surface area contributed by atoms with Crippen LogP contribution >= 0.6 is 0 Å². The summed E-state index contributed by atoms with van der Waals surface area (Å²) >= 11 is 0. The first-order valence-corrected chi connectivity index (χ1v) is 11.1. The summed E-state index contributed by atoms with van der Waals surface area (Å²) in [7, 11) is -2.23. The Bertz CT molecular complexity index is 79.1. The first-order valence-electron chi connectivity index (χ1n) is 3.70. The third-order valence-electron chi connectivity index (χ3n) is 0.902. The molecule has 0 aliphatic carbocycles. The Morgan fingerprint density at radius 2 is 0.846 bits per heavy atom. The summed E-state index contributed by atoms with van der Waals surface area (Å²) in [6.45, 7) is 0. The van der Waals surface area contributed by atoms with Crippen LogP contribution in [0.1, 0.15) is 0 Å². The molecule has 0 aliphatic rings. The summed E-state index contributed by atoms with van der Waals surface area (Å²) in [6, 6.07) is 0. The van der Waals surface area contributed by atoms with Crippen LogP contribution in [0.2, 0.25) is 0 Å². The number of hydrogen-bond acceptors (Lipinski definition) is 6. The molecule has 13 heteroatoms. The molecule has 0 aromatic carbocycles. The number of rotatable bonds is 10. The molecule has 6 nitrogen and oxygen atoms in total. The highest BCUT2D eigenvalue weighted by atomic mass is 28.4. The topological polar surface area (TPSA) is 55.4 Å². The molecule has 0 unspecified atom stereocenters. The Labute approximate surface area is 95.7 Å². The standard InChI is InChI=1S/H16O6Si7/c7-1-9-3-11-5-13-6-12-4-10-2-8/h9-13H2,7-8H3. The summed E-state index contributed by atoms with van der Waals surface area (Å²) < 4.78 is 30.8. The molecular weight excluding hydrogens is 293 g/mol. The third kappa shape index (κ3) is 13.3. The first kappa shape index (κ1) is 14.3. The zero-order valence-electron chi connectivity index (χ0n) is 7.99. The molecule has 0 bridgehead atoms. The van der Waals surface area contributed by atoms with Crippen molar-refractivity contribution in [2.45, 2.75) is 0 Å². The van der Waals surface area contributed by atoms with E-state index in [2.05, 4.69) is 0 Å². The van der Waals surface area contributed by atoms with Crippen LogP contribution in [-0.2, 0) is 24.7 Å². The average Bonchev–Trinajstić information content (AvgIpc) is 2.16. The minimum atomic E-state index is -0.815. The Morgan fingerprint density at radius 1 is 0.538 bits per heavy atom. The molecule has 0 atom stereocenters. The second-order valence-electron chi connectivity index (χ2n) is 1.98. The van der Waals surface area contributed by atoms with Crippen LogP contribution in [0.25, 0.3) is 0 Å². The molecule has 0 heterocycles. The van der Waals surface area contributed by atoms with Crippen molar-refractivity contribution in [3.63, 3.8) is 0 Å². The van der Waals surface area contributed by atoms with Gasteiger partial charge in [0.1, 0.15) is 21.0 Å². The second-order valence-corrected chi connectivity index (χ2v) is 14.3. The van der Waals surface area contributed by atoms with E-state index in [1.54, 1.807) is 0 Å². The highest BCUT2D eigenvalue weighted by molar-refractivity contribution is 6.47. The first-order chi connectivity index (χ1) is 6.41. The van der Waals surface area contributed by atoms with Crippen LogP contribution in [0, 0.1) is 0 Å². The van der Waals surface area contributed by atoms with Crippen LogP contribution in [-0.4, -0.2) is 71.0 Å². The van der Waals surface area contributed by atoms with E-state index < -0.39 is 50.0 Å². The minimum Gasteiger partial charge on any atom is -0.449 e. The molecule has 0 aliphatic heterocycles. The molecule has 0 N–H and O–H groups in total. The molecule has 0 saturated heterocycles. The molecule has 0 rings (SSSR count). The smallest absolute Gasteiger partial charge is 0.286 e. The van der Waals surface area contributed by atoms with E-state index in [-0.39, 0.29) is 0 Å². The molecule has 0 fully saturated rings. The molecule has 0 radical (unpaired) electrons. The van der Waals surface area contributed by atoms with Crippen LogP contribution in [0.5, 0.6) is 0 Å². The van der Waals surface area contributed by atoms with E-state index in [4.69, 9.17) is 24.7 Å². The van der Waals surface area contributed by atoms with Crippen molar-refractivity contribution in [1.82, 2.24) is 0 Å². The predicted octanol–water partition coefficient (Wildman–Crippen LogP) is -7.36. The lowest BCUT2D eigenvalue weighted by Gasteiger charge is -2.05. The van der Waals surface area contributed by atoms with Gasteiger partial charge in [0, 0.05) is 0 Å². The lowest BCUT2D eigenvalue weighted by atomic mass is 15.7. The van der Waals surface area contributed by atoms with E-state index in [9.17, 15) is 0 Å². The monoisotopic (exact) mass is 308 g/mol. The van der Waals surface area contributed by atoms with Gasteiger partial charge in [0.05, 0.1) is 0 Å². The zero-order chi connectivity index (χ0) is 9.78. The highest BCUT2D eigenvalue weighted by Gasteiger charge is 1.92. The van der Waals surface area contributed by atoms with Gasteiger partial charge in [-0.05, 0) is 0 Å². The number of hydrogen-bond donors (Lipinski definition) is 0. The van der Waals surface area contributed by atoms with Gasteiger partial charge >= 0.3 is 0 Å². The van der Waals surface area contributed by atoms with E-state index >= 15 is 0 Å². The van der Waals surface area contributed by atoms with E-state index in [1.165, 1.54) is 0 Å². The fraction of sp³-hybridized carbons (Fsp3) is 0. The minimum absolute atomic E-state index is 0.689. The maximum absolute atomic E-state index is 5.26. The average molecular weight is 309 g/mol. The van der Waals surface area contributed by atoms with Gasteiger partial charge in [0.25, 0.3) is 50.0 Å². The van der Waals surface area contributed by atoms with Crippen LogP contribution in [0.3, 0.4) is 0 Å². The van der Waals surface area contributed by atoms with Crippen molar-refractivity contribution in [2.24, 2.45) is 0 Å². The van der Waals surface area contributed by atoms with Gasteiger partial charge in [-0.2, -0.15) is 0 Å². The summed E-state index contributed by atoms with van der Waals surface area (Å²) in [4.78, 5) is 0. The third-order valence-corrected chi connectivity index (χ3v) is 8.12. The lowest BCUT2D eigenvalue weighted by molar-refractivity contribution is 0.380. The fourth-order valence-electron chi connectivity index (χ4n) is 0.480. The normalized spacial score (nSPS) is 15.7. The zero-order valence-corrected chi connectivity index (χ0v) is 19.1. The molecule has 0 saturated carbocycles. The molecule has 80 valence electrons. The van der Waals surface area contributed by atoms with Crippen molar-refractivity contribution >= 4 is 71.0 Å². The van der Waals surface area contributed by atoms with Crippen molar-refractivity contribution < 1.29 is 24.7 Å². The largest absolute Gasteiger partial charge is 0.449 e. The van der Waals surface area contributed by atoms with Crippen molar-refractivity contribution in [3.05, 3.63) is 0 Å². The molecule has 0 amide bonds. The maximum Gasteiger partial charge on any atom is 0.286 e. The van der Waals surface area contributed by atoms with E-state index in [0.29, 0.717) is 0 Å². The van der Waals surface area contributed by atoms with Gasteiger partial charge in [-0.15, -0.1) is 0 Å². The molecular formula is H16O6Si7. The molecule has 13 heavy (non-hydrogen) atoms. The highest BCUT2D eigenvalue weighted by Crippen LogP contribution is 1.74. The quantitative estimate of drug-likeness (QED) is 0.295. The molecule has 0 spiro atoms. The summed E-state index contributed by atoms with van der Waals surface area (Å²) in [5, 5.41) is 0. The Kier molecular flexibility index (Phi) is 14.6. The maximum atomic E-state index is 5.26. The van der Waals surface area contributed by atoms with Crippen LogP contribution in [0.4, 0.5) is 0 Å². The Balaban J connectivity index is 2.76. The molecule has 0 aromatic rings. The SMILES string of the molecule is [SiH3]O[SiH2]O[SiH2]O[SiH2]O[SiH2]O[SiH2]O[SiH3]. The van der Waals surface area contributed by atoms with Gasteiger partial charge in [-0.3, -0.25) is 0 Å². The van der Waals surface area contributed by atoms with Gasteiger partial charge in [0.15, 0.2) is 0 Å². The van der Waals surface area contributed by atoms with Crippen LogP contribution in [0.15, 0.2) is 0 Å². The Morgan fingerprint density at radius 3 is 1.15 bits per heavy atom. The van der Waals surface area contributed by atoms with Gasteiger partial charge < -0.3 is 24.7 Å².